The number of aliphatic hydroxyl groups is 1. The first-order valence-corrected chi connectivity index (χ1v) is 6.10. The Morgan fingerprint density at radius 3 is 2.94 bits per heavy atom. The molecule has 1 aliphatic rings. The van der Waals surface area contributed by atoms with Crippen LogP contribution in [-0.2, 0) is 11.3 Å². The van der Waals surface area contributed by atoms with Crippen LogP contribution < -0.4 is 4.74 Å². The van der Waals surface area contributed by atoms with Gasteiger partial charge in [-0.15, -0.1) is 0 Å². The van der Waals surface area contributed by atoms with E-state index in [1.807, 2.05) is 13.8 Å². The normalized spacial score (nSPS) is 26.1. The molecule has 5 nitrogen and oxygen atoms in total. The van der Waals surface area contributed by atoms with E-state index in [1.165, 1.54) is 0 Å². The maximum Gasteiger partial charge on any atom is 0.162 e. The Kier molecular flexibility index (Phi) is 3.69. The number of rotatable bonds is 4. The van der Waals surface area contributed by atoms with Gasteiger partial charge in [-0.2, -0.15) is 5.10 Å². The van der Waals surface area contributed by atoms with Gasteiger partial charge in [0.1, 0.15) is 11.8 Å². The number of hydrogen-bond acceptors (Lipinski definition) is 4. The molecule has 1 aromatic heterocycles. The third kappa shape index (κ3) is 2.30. The molecule has 2 heterocycles. The minimum atomic E-state index is -0.669. The predicted octanol–water partition coefficient (Wildman–Crippen LogP) is 1.51. The Balaban J connectivity index is 2.22. The van der Waals surface area contributed by atoms with E-state index in [0.29, 0.717) is 18.0 Å². The van der Waals surface area contributed by atoms with Crippen molar-refractivity contribution in [3.8, 4) is 5.75 Å². The lowest BCUT2D eigenvalue weighted by Crippen LogP contribution is -2.22. The topological polar surface area (TPSA) is 56.5 Å². The van der Waals surface area contributed by atoms with Crippen molar-refractivity contribution in [2.75, 3.05) is 7.11 Å². The molecule has 1 aromatic rings. The summed E-state index contributed by atoms with van der Waals surface area (Å²) in [5.41, 5.74) is 0.717. The molecule has 0 bridgehead atoms. The lowest BCUT2D eigenvalue weighted by atomic mass is 10.1. The molecule has 3 atom stereocenters. The summed E-state index contributed by atoms with van der Waals surface area (Å²) < 4.78 is 12.7. The first-order chi connectivity index (χ1) is 8.17. The largest absolute Gasteiger partial charge is 0.493 e. The molecule has 96 valence electrons. The number of nitrogens with zero attached hydrogens (tertiary/aromatic N) is 2. The number of methoxy groups -OCH3 is 1. The molecular weight excluding hydrogens is 220 g/mol. The molecule has 0 radical (unpaired) electrons. The van der Waals surface area contributed by atoms with Crippen LogP contribution in [-0.4, -0.2) is 34.2 Å². The summed E-state index contributed by atoms with van der Waals surface area (Å²) >= 11 is 0. The van der Waals surface area contributed by atoms with Crippen LogP contribution in [0.5, 0.6) is 5.75 Å². The predicted molar refractivity (Wildman–Crippen MR) is 63.0 cm³/mol. The monoisotopic (exact) mass is 240 g/mol. The Morgan fingerprint density at radius 2 is 2.41 bits per heavy atom. The fraction of sp³-hybridized carbons (Fsp3) is 0.750. The Labute approximate surface area is 101 Å². The van der Waals surface area contributed by atoms with Crippen molar-refractivity contribution < 1.29 is 14.6 Å². The van der Waals surface area contributed by atoms with Crippen molar-refractivity contribution in [2.45, 2.75) is 51.5 Å². The van der Waals surface area contributed by atoms with Gasteiger partial charge in [-0.25, -0.2) is 0 Å². The molecule has 0 aromatic carbocycles. The minimum absolute atomic E-state index is 0.152. The summed E-state index contributed by atoms with van der Waals surface area (Å²) in [7, 11) is 1.59. The lowest BCUT2D eigenvalue weighted by Gasteiger charge is -2.20. The van der Waals surface area contributed by atoms with Crippen LogP contribution >= 0.6 is 0 Å². The van der Waals surface area contributed by atoms with Crippen LogP contribution in [0.2, 0.25) is 0 Å². The Bertz CT molecular complexity index is 356. The molecule has 0 saturated carbocycles. The smallest absolute Gasteiger partial charge is 0.162 e. The molecular formula is C12H20N2O3. The molecule has 0 spiro atoms. The number of hydrogen-bond donors (Lipinski definition) is 1. The van der Waals surface area contributed by atoms with Gasteiger partial charge in [0.2, 0.25) is 0 Å². The van der Waals surface area contributed by atoms with E-state index < -0.39 is 6.10 Å². The van der Waals surface area contributed by atoms with Crippen LogP contribution in [0.25, 0.3) is 0 Å². The van der Waals surface area contributed by atoms with Crippen LogP contribution in [0, 0.1) is 0 Å². The average Bonchev–Trinajstić information content (AvgIpc) is 2.93. The minimum Gasteiger partial charge on any atom is -0.493 e. The number of ether oxygens (including phenoxy) is 2. The molecule has 0 aliphatic carbocycles. The van der Waals surface area contributed by atoms with Crippen LogP contribution in [0.3, 0.4) is 0 Å². The summed E-state index contributed by atoms with van der Waals surface area (Å²) in [6, 6.07) is 0. The zero-order chi connectivity index (χ0) is 12.4. The highest BCUT2D eigenvalue weighted by atomic mass is 16.5. The molecule has 1 saturated heterocycles. The van der Waals surface area contributed by atoms with Crippen LogP contribution in [0.1, 0.15) is 38.5 Å². The molecule has 5 heteroatoms. The van der Waals surface area contributed by atoms with Crippen LogP contribution in [0.4, 0.5) is 0 Å². The van der Waals surface area contributed by atoms with E-state index in [1.54, 1.807) is 18.0 Å². The summed E-state index contributed by atoms with van der Waals surface area (Å²) in [5.74, 6) is 0.627. The van der Waals surface area contributed by atoms with Gasteiger partial charge in [0.25, 0.3) is 0 Å². The van der Waals surface area contributed by atoms with E-state index in [9.17, 15) is 5.11 Å². The third-order valence-corrected chi connectivity index (χ3v) is 3.26. The number of aliphatic hydroxyl groups excluding tert-OH is 1. The van der Waals surface area contributed by atoms with E-state index in [2.05, 4.69) is 5.10 Å². The molecule has 1 N–H and O–H groups in total. The standard InChI is InChI=1S/C12H20N2O3/c1-4-14-11(10(16-3)7-13-14)12(15)9-6-5-8(2)17-9/h7-9,12,15H,4-6H2,1-3H3. The fourth-order valence-electron chi connectivity index (χ4n) is 2.33. The van der Waals surface area contributed by atoms with Crippen molar-refractivity contribution >= 4 is 0 Å². The molecule has 17 heavy (non-hydrogen) atoms. The summed E-state index contributed by atoms with van der Waals surface area (Å²) in [5, 5.41) is 14.6. The second-order valence-electron chi connectivity index (χ2n) is 4.42. The summed E-state index contributed by atoms with van der Waals surface area (Å²) in [6.45, 7) is 4.72. The lowest BCUT2D eigenvalue weighted by molar-refractivity contribution is -0.0339. The zero-order valence-electron chi connectivity index (χ0n) is 10.6. The molecule has 3 unspecified atom stereocenters. The second kappa shape index (κ2) is 5.06. The SMILES string of the molecule is CCn1ncc(OC)c1C(O)C1CCC(C)O1. The molecule has 0 amide bonds. The average molecular weight is 240 g/mol. The summed E-state index contributed by atoms with van der Waals surface area (Å²) in [4.78, 5) is 0. The van der Waals surface area contributed by atoms with Crippen molar-refractivity contribution in [3.63, 3.8) is 0 Å². The van der Waals surface area contributed by atoms with Gasteiger partial charge in [0.05, 0.1) is 25.5 Å². The highest BCUT2D eigenvalue weighted by Crippen LogP contribution is 2.34. The maximum absolute atomic E-state index is 10.4. The number of aromatic nitrogens is 2. The van der Waals surface area contributed by atoms with Crippen LogP contribution in [0.15, 0.2) is 6.20 Å². The first-order valence-electron chi connectivity index (χ1n) is 6.10. The van der Waals surface area contributed by atoms with Gasteiger partial charge in [0.15, 0.2) is 5.75 Å². The van der Waals surface area contributed by atoms with Gasteiger partial charge in [-0.1, -0.05) is 0 Å². The van der Waals surface area contributed by atoms with Gasteiger partial charge in [-0.3, -0.25) is 4.68 Å². The molecule has 2 rings (SSSR count). The quantitative estimate of drug-likeness (QED) is 0.866. The van der Waals surface area contributed by atoms with E-state index in [-0.39, 0.29) is 12.2 Å². The van der Waals surface area contributed by atoms with Crippen molar-refractivity contribution in [2.24, 2.45) is 0 Å². The highest BCUT2D eigenvalue weighted by Gasteiger charge is 2.33. The molecule has 1 aliphatic heterocycles. The highest BCUT2D eigenvalue weighted by molar-refractivity contribution is 5.28. The zero-order valence-corrected chi connectivity index (χ0v) is 10.6. The van der Waals surface area contributed by atoms with E-state index >= 15 is 0 Å². The van der Waals surface area contributed by atoms with Gasteiger partial charge in [0, 0.05) is 6.54 Å². The van der Waals surface area contributed by atoms with Gasteiger partial charge in [-0.05, 0) is 26.7 Å². The second-order valence-corrected chi connectivity index (χ2v) is 4.42. The van der Waals surface area contributed by atoms with E-state index in [0.717, 1.165) is 12.8 Å². The van der Waals surface area contributed by atoms with Gasteiger partial charge >= 0.3 is 0 Å². The fourth-order valence-corrected chi connectivity index (χ4v) is 2.33. The van der Waals surface area contributed by atoms with Crippen molar-refractivity contribution in [1.29, 1.82) is 0 Å². The van der Waals surface area contributed by atoms with E-state index in [4.69, 9.17) is 9.47 Å². The van der Waals surface area contributed by atoms with Crippen molar-refractivity contribution in [3.05, 3.63) is 11.9 Å². The van der Waals surface area contributed by atoms with Crippen molar-refractivity contribution in [1.82, 2.24) is 9.78 Å². The molecule has 1 fully saturated rings. The number of aryl methyl sites for hydroxylation is 1. The Hall–Kier alpha value is -1.07. The maximum atomic E-state index is 10.4. The summed E-state index contributed by atoms with van der Waals surface area (Å²) in [6.07, 6.45) is 2.90. The first kappa shape index (κ1) is 12.4. The van der Waals surface area contributed by atoms with Gasteiger partial charge < -0.3 is 14.6 Å². The third-order valence-electron chi connectivity index (χ3n) is 3.26. The Morgan fingerprint density at radius 1 is 1.65 bits per heavy atom.